The van der Waals surface area contributed by atoms with E-state index < -0.39 is 0 Å². The summed E-state index contributed by atoms with van der Waals surface area (Å²) in [6.07, 6.45) is 8.03. The van der Waals surface area contributed by atoms with E-state index in [4.69, 9.17) is 4.99 Å². The monoisotopic (exact) mass is 473 g/mol. The Hall–Kier alpha value is -1.09. The lowest BCUT2D eigenvalue weighted by atomic mass is 9.93. The van der Waals surface area contributed by atoms with Gasteiger partial charge >= 0.3 is 0 Å². The number of aliphatic hydroxyl groups excluding tert-OH is 1. The van der Waals surface area contributed by atoms with Gasteiger partial charge in [0.2, 0.25) is 0 Å². The third-order valence-electron chi connectivity index (χ3n) is 5.04. The molecular weight excluding hydrogens is 441 g/mol. The molecule has 0 bridgehead atoms. The number of hydrogen-bond acceptors (Lipinski definition) is 4. The summed E-state index contributed by atoms with van der Waals surface area (Å²) >= 11 is 0. The number of nitrogens with one attached hydrogen (secondary N) is 2. The van der Waals surface area contributed by atoms with Gasteiger partial charge in [-0.2, -0.15) is 0 Å². The van der Waals surface area contributed by atoms with Crippen LogP contribution >= 0.6 is 24.0 Å². The molecule has 3 rings (SSSR count). The molecule has 1 aliphatic heterocycles. The molecule has 6 nitrogen and oxygen atoms in total. The lowest BCUT2D eigenvalue weighted by Crippen LogP contribution is -2.45. The van der Waals surface area contributed by atoms with Crippen molar-refractivity contribution in [2.45, 2.75) is 64.1 Å². The first-order valence-electron chi connectivity index (χ1n) is 9.67. The first-order chi connectivity index (χ1) is 12.2. The lowest BCUT2D eigenvalue weighted by molar-refractivity contribution is 0.120. The quantitative estimate of drug-likeness (QED) is 0.349. The zero-order chi connectivity index (χ0) is 17.5. The summed E-state index contributed by atoms with van der Waals surface area (Å²) in [5.41, 5.74) is 1.19. The Morgan fingerprint density at radius 2 is 2.00 bits per heavy atom. The molecule has 0 radical (unpaired) electrons. The Kier molecular flexibility index (Phi) is 8.90. The van der Waals surface area contributed by atoms with Crippen molar-refractivity contribution in [1.29, 1.82) is 0 Å². The van der Waals surface area contributed by atoms with Crippen LogP contribution in [0.4, 0.5) is 5.82 Å². The summed E-state index contributed by atoms with van der Waals surface area (Å²) in [5.74, 6) is 1.94. The van der Waals surface area contributed by atoms with Gasteiger partial charge in [0.15, 0.2) is 5.96 Å². The van der Waals surface area contributed by atoms with E-state index in [9.17, 15) is 5.11 Å². The number of anilines is 1. The molecule has 146 valence electrons. The van der Waals surface area contributed by atoms with Crippen molar-refractivity contribution in [3.05, 3.63) is 23.9 Å². The molecule has 2 heterocycles. The molecule has 2 fully saturated rings. The summed E-state index contributed by atoms with van der Waals surface area (Å²) in [6, 6.07) is 4.61. The van der Waals surface area contributed by atoms with Gasteiger partial charge in [-0.15, -0.1) is 24.0 Å². The second kappa shape index (κ2) is 10.9. The van der Waals surface area contributed by atoms with Gasteiger partial charge in [-0.25, -0.2) is 9.98 Å². The van der Waals surface area contributed by atoms with Crippen LogP contribution in [0.3, 0.4) is 0 Å². The van der Waals surface area contributed by atoms with Crippen LogP contribution in [-0.4, -0.2) is 47.8 Å². The third kappa shape index (κ3) is 6.26. The number of guanidine groups is 1. The summed E-state index contributed by atoms with van der Waals surface area (Å²) in [6.45, 7) is 5.79. The number of pyridine rings is 1. The fourth-order valence-corrected chi connectivity index (χ4v) is 3.58. The molecule has 1 aliphatic carbocycles. The first kappa shape index (κ1) is 21.2. The number of halogens is 1. The molecular formula is C19H32IN5O. The SMILES string of the molecule is CCNC(=NCc1ccnc(N2CCCC2)c1)NC1CCC(O)CC1.I. The molecule has 1 saturated carbocycles. The van der Waals surface area contributed by atoms with Crippen LogP contribution in [0.15, 0.2) is 23.3 Å². The van der Waals surface area contributed by atoms with Crippen LogP contribution in [0.5, 0.6) is 0 Å². The molecule has 1 saturated heterocycles. The predicted octanol–water partition coefficient (Wildman–Crippen LogP) is 2.66. The van der Waals surface area contributed by atoms with Crippen LogP contribution in [-0.2, 0) is 6.54 Å². The topological polar surface area (TPSA) is 72.8 Å². The summed E-state index contributed by atoms with van der Waals surface area (Å²) in [4.78, 5) is 11.6. The first-order valence-corrected chi connectivity index (χ1v) is 9.67. The summed E-state index contributed by atoms with van der Waals surface area (Å²) in [5, 5.41) is 16.5. The number of aliphatic hydroxyl groups is 1. The van der Waals surface area contributed by atoms with E-state index in [2.05, 4.69) is 33.5 Å². The zero-order valence-electron chi connectivity index (χ0n) is 15.7. The van der Waals surface area contributed by atoms with Crippen LogP contribution in [0.2, 0.25) is 0 Å². The molecule has 0 unspecified atom stereocenters. The Morgan fingerprint density at radius 3 is 2.69 bits per heavy atom. The molecule has 3 N–H and O–H groups in total. The molecule has 7 heteroatoms. The van der Waals surface area contributed by atoms with E-state index in [0.29, 0.717) is 12.6 Å². The minimum absolute atomic E-state index is 0. The van der Waals surface area contributed by atoms with Crippen molar-refractivity contribution in [2.24, 2.45) is 4.99 Å². The van der Waals surface area contributed by atoms with Gasteiger partial charge in [0.05, 0.1) is 12.6 Å². The highest BCUT2D eigenvalue weighted by atomic mass is 127. The van der Waals surface area contributed by atoms with Crippen molar-refractivity contribution in [2.75, 3.05) is 24.5 Å². The lowest BCUT2D eigenvalue weighted by Gasteiger charge is -2.27. The van der Waals surface area contributed by atoms with E-state index in [-0.39, 0.29) is 30.1 Å². The number of nitrogens with zero attached hydrogens (tertiary/aromatic N) is 3. The molecule has 2 aliphatic rings. The van der Waals surface area contributed by atoms with E-state index in [0.717, 1.165) is 57.1 Å². The van der Waals surface area contributed by atoms with E-state index in [1.807, 2.05) is 12.3 Å². The van der Waals surface area contributed by atoms with Gasteiger partial charge in [-0.1, -0.05) is 0 Å². The van der Waals surface area contributed by atoms with Crippen LogP contribution in [0, 0.1) is 0 Å². The number of aromatic nitrogens is 1. The fraction of sp³-hybridized carbons (Fsp3) is 0.684. The highest BCUT2D eigenvalue weighted by molar-refractivity contribution is 14.0. The average Bonchev–Trinajstić information content (AvgIpc) is 3.17. The minimum Gasteiger partial charge on any atom is -0.393 e. The maximum Gasteiger partial charge on any atom is 0.191 e. The van der Waals surface area contributed by atoms with Crippen molar-refractivity contribution in [3.8, 4) is 0 Å². The molecule has 1 aromatic heterocycles. The standard InChI is InChI=1S/C19H31N5O.HI/c1-2-20-19(23-16-5-7-17(25)8-6-16)22-14-15-9-10-21-18(13-15)24-11-3-4-12-24;/h9-10,13,16-17,25H,2-8,11-12,14H2,1H3,(H2,20,22,23);1H. The maximum atomic E-state index is 9.65. The predicted molar refractivity (Wildman–Crippen MR) is 117 cm³/mol. The van der Waals surface area contributed by atoms with E-state index >= 15 is 0 Å². The number of aliphatic imine (C=N–C) groups is 1. The molecule has 26 heavy (non-hydrogen) atoms. The summed E-state index contributed by atoms with van der Waals surface area (Å²) < 4.78 is 0. The second-order valence-corrected chi connectivity index (χ2v) is 7.06. The number of rotatable bonds is 5. The van der Waals surface area contributed by atoms with Gasteiger partial charge in [0.1, 0.15) is 5.82 Å². The van der Waals surface area contributed by atoms with Gasteiger partial charge in [0, 0.05) is 31.9 Å². The minimum atomic E-state index is -0.126. The van der Waals surface area contributed by atoms with Crippen molar-refractivity contribution >= 4 is 35.8 Å². The highest BCUT2D eigenvalue weighted by Crippen LogP contribution is 2.19. The van der Waals surface area contributed by atoms with E-state index in [1.54, 1.807) is 0 Å². The van der Waals surface area contributed by atoms with E-state index in [1.165, 1.54) is 18.4 Å². The largest absolute Gasteiger partial charge is 0.393 e. The van der Waals surface area contributed by atoms with Gasteiger partial charge in [-0.3, -0.25) is 0 Å². The molecule has 0 atom stereocenters. The van der Waals surface area contributed by atoms with Crippen LogP contribution in [0.1, 0.15) is 51.0 Å². The maximum absolute atomic E-state index is 9.65. The molecule has 0 aromatic carbocycles. The second-order valence-electron chi connectivity index (χ2n) is 7.06. The van der Waals surface area contributed by atoms with Crippen LogP contribution < -0.4 is 15.5 Å². The smallest absolute Gasteiger partial charge is 0.191 e. The highest BCUT2D eigenvalue weighted by Gasteiger charge is 2.20. The Balaban J connectivity index is 0.00000243. The third-order valence-corrected chi connectivity index (χ3v) is 5.04. The zero-order valence-corrected chi connectivity index (χ0v) is 18.0. The van der Waals surface area contributed by atoms with Crippen LogP contribution in [0.25, 0.3) is 0 Å². The number of hydrogen-bond donors (Lipinski definition) is 3. The fourth-order valence-electron chi connectivity index (χ4n) is 3.58. The van der Waals surface area contributed by atoms with Gasteiger partial charge in [0.25, 0.3) is 0 Å². The van der Waals surface area contributed by atoms with Crippen molar-refractivity contribution in [3.63, 3.8) is 0 Å². The Labute approximate surface area is 173 Å². The molecule has 1 aromatic rings. The van der Waals surface area contributed by atoms with Gasteiger partial charge in [-0.05, 0) is 63.1 Å². The Morgan fingerprint density at radius 1 is 1.27 bits per heavy atom. The Bertz CT molecular complexity index is 569. The van der Waals surface area contributed by atoms with Crippen molar-refractivity contribution in [1.82, 2.24) is 15.6 Å². The average molecular weight is 473 g/mol. The molecule has 0 spiro atoms. The van der Waals surface area contributed by atoms with Crippen molar-refractivity contribution < 1.29 is 5.11 Å². The normalized spacial score (nSPS) is 23.5. The molecule has 0 amide bonds. The summed E-state index contributed by atoms with van der Waals surface area (Å²) in [7, 11) is 0. The van der Waals surface area contributed by atoms with Gasteiger partial charge < -0.3 is 20.6 Å².